The summed E-state index contributed by atoms with van der Waals surface area (Å²) in [5.41, 5.74) is 1.53. The monoisotopic (exact) mass is 575 g/mol. The van der Waals surface area contributed by atoms with E-state index in [0.717, 1.165) is 0 Å². The van der Waals surface area contributed by atoms with Crippen molar-refractivity contribution in [1.82, 2.24) is 10.2 Å². The molecule has 0 bridgehead atoms. The van der Waals surface area contributed by atoms with Gasteiger partial charge in [0, 0.05) is 29.8 Å². The van der Waals surface area contributed by atoms with Gasteiger partial charge < -0.3 is 38.6 Å². The van der Waals surface area contributed by atoms with Crippen LogP contribution in [0.3, 0.4) is 0 Å². The van der Waals surface area contributed by atoms with Gasteiger partial charge in [-0.05, 0) is 18.6 Å². The van der Waals surface area contributed by atoms with Crippen LogP contribution in [0.4, 0.5) is 5.69 Å². The van der Waals surface area contributed by atoms with Crippen molar-refractivity contribution >= 4 is 29.3 Å². The maximum atomic E-state index is 12.9. The molecule has 0 aromatic heterocycles. The van der Waals surface area contributed by atoms with Crippen LogP contribution in [-0.2, 0) is 49.3 Å². The molecule has 13 heteroatoms. The molecule has 0 spiro atoms. The molecule has 2 heterocycles. The first kappa shape index (κ1) is 32.1. The second-order valence-corrected chi connectivity index (χ2v) is 9.04. The number of benzene rings is 1. The summed E-state index contributed by atoms with van der Waals surface area (Å²) in [6.07, 6.45) is 5.51. The van der Waals surface area contributed by atoms with Crippen LogP contribution in [0.25, 0.3) is 0 Å². The lowest BCUT2D eigenvalue weighted by atomic mass is 10.0. The Hall–Kier alpha value is -3.38. The predicted molar refractivity (Wildman–Crippen MR) is 145 cm³/mol. The van der Waals surface area contributed by atoms with Gasteiger partial charge in [0.15, 0.2) is 0 Å². The molecule has 41 heavy (non-hydrogen) atoms. The van der Waals surface area contributed by atoms with E-state index in [1.54, 1.807) is 18.2 Å². The van der Waals surface area contributed by atoms with Crippen molar-refractivity contribution in [1.29, 1.82) is 0 Å². The van der Waals surface area contributed by atoms with E-state index in [4.69, 9.17) is 34.8 Å². The molecular formula is C28H37N3O10. The van der Waals surface area contributed by atoms with E-state index >= 15 is 0 Å². The highest BCUT2D eigenvalue weighted by molar-refractivity contribution is 6.06. The van der Waals surface area contributed by atoms with E-state index in [1.807, 2.05) is 0 Å². The molecule has 0 radical (unpaired) electrons. The smallest absolute Gasteiger partial charge is 0.255 e. The Morgan fingerprint density at radius 1 is 0.902 bits per heavy atom. The van der Waals surface area contributed by atoms with Gasteiger partial charge in [-0.25, -0.2) is 0 Å². The van der Waals surface area contributed by atoms with Crippen molar-refractivity contribution in [3.8, 4) is 12.3 Å². The molecule has 4 amide bonds. The van der Waals surface area contributed by atoms with Gasteiger partial charge in [0.25, 0.3) is 5.91 Å². The quantitative estimate of drug-likeness (QED) is 0.125. The van der Waals surface area contributed by atoms with E-state index < -0.39 is 11.9 Å². The fraction of sp³-hybridized carbons (Fsp3) is 0.571. The Labute approximate surface area is 239 Å². The summed E-state index contributed by atoms with van der Waals surface area (Å²) in [5, 5.41) is 5.05. The molecule has 0 aliphatic carbocycles. The summed E-state index contributed by atoms with van der Waals surface area (Å²) in [4.78, 5) is 50.4. The molecular weight excluding hydrogens is 538 g/mol. The van der Waals surface area contributed by atoms with Crippen LogP contribution >= 0.6 is 0 Å². The number of nitrogens with one attached hydrogen (secondary N) is 2. The van der Waals surface area contributed by atoms with Gasteiger partial charge in [-0.3, -0.25) is 24.5 Å². The highest BCUT2D eigenvalue weighted by Crippen LogP contribution is 2.32. The number of hydrogen-bond acceptors (Lipinski definition) is 10. The Morgan fingerprint density at radius 3 is 2.07 bits per heavy atom. The number of carbonyl (C=O) groups is 4. The van der Waals surface area contributed by atoms with Gasteiger partial charge in [0.2, 0.25) is 17.7 Å². The fourth-order valence-corrected chi connectivity index (χ4v) is 4.18. The van der Waals surface area contributed by atoms with E-state index in [0.29, 0.717) is 76.3 Å². The van der Waals surface area contributed by atoms with Crippen molar-refractivity contribution in [2.45, 2.75) is 25.4 Å². The van der Waals surface area contributed by atoms with Gasteiger partial charge in [-0.1, -0.05) is 12.0 Å². The van der Waals surface area contributed by atoms with Crippen LogP contribution in [0.5, 0.6) is 0 Å². The number of rotatable bonds is 20. The minimum atomic E-state index is -0.722. The van der Waals surface area contributed by atoms with Crippen molar-refractivity contribution in [2.24, 2.45) is 0 Å². The minimum absolute atomic E-state index is 0.165. The number of imide groups is 1. The Morgan fingerprint density at radius 2 is 1.49 bits per heavy atom. The van der Waals surface area contributed by atoms with Crippen molar-refractivity contribution in [3.05, 3.63) is 29.3 Å². The van der Waals surface area contributed by atoms with Gasteiger partial charge >= 0.3 is 0 Å². The molecule has 224 valence electrons. The lowest BCUT2D eigenvalue weighted by molar-refractivity contribution is -0.137. The van der Waals surface area contributed by atoms with Crippen molar-refractivity contribution < 1.29 is 47.6 Å². The zero-order valence-electron chi connectivity index (χ0n) is 23.0. The molecule has 2 aliphatic heterocycles. The molecule has 0 saturated carbocycles. The number of ether oxygens (including phenoxy) is 6. The number of anilines is 1. The molecule has 1 fully saturated rings. The summed E-state index contributed by atoms with van der Waals surface area (Å²) < 4.78 is 32.0. The highest BCUT2D eigenvalue weighted by Gasteiger charge is 2.39. The normalized spacial score (nSPS) is 16.4. The Kier molecular flexibility index (Phi) is 14.2. The number of hydrogen-bond donors (Lipinski definition) is 2. The maximum Gasteiger partial charge on any atom is 0.255 e. The summed E-state index contributed by atoms with van der Waals surface area (Å²) in [7, 11) is 0. The number of terminal acetylenes is 1. The lowest BCUT2D eigenvalue weighted by Gasteiger charge is -2.29. The number of nitrogens with zero attached hydrogens (tertiary/aromatic N) is 1. The number of fused-ring (bicyclic) bond motifs is 1. The molecule has 1 atom stereocenters. The zero-order valence-corrected chi connectivity index (χ0v) is 23.0. The number of piperidine rings is 1. The average Bonchev–Trinajstić information content (AvgIpc) is 3.29. The van der Waals surface area contributed by atoms with Crippen LogP contribution in [0.1, 0.15) is 28.8 Å². The first-order chi connectivity index (χ1) is 20.0. The maximum absolute atomic E-state index is 12.9. The van der Waals surface area contributed by atoms with Crippen LogP contribution < -0.4 is 10.6 Å². The van der Waals surface area contributed by atoms with Gasteiger partial charge in [-0.2, -0.15) is 0 Å². The summed E-state index contributed by atoms with van der Waals surface area (Å²) in [6.45, 7) is 4.30. The minimum Gasteiger partial charge on any atom is -0.377 e. The predicted octanol–water partition coefficient (Wildman–Crippen LogP) is 0.119. The number of amides is 4. The third kappa shape index (κ3) is 10.8. The van der Waals surface area contributed by atoms with E-state index in [9.17, 15) is 19.2 Å². The van der Waals surface area contributed by atoms with Crippen LogP contribution in [0.2, 0.25) is 0 Å². The van der Waals surface area contributed by atoms with Crippen LogP contribution in [0, 0.1) is 12.3 Å². The average molecular weight is 576 g/mol. The molecule has 1 aromatic carbocycles. The molecule has 1 aromatic rings. The Balaban J connectivity index is 1.20. The molecule has 1 saturated heterocycles. The topological polar surface area (TPSA) is 151 Å². The van der Waals surface area contributed by atoms with Crippen molar-refractivity contribution in [2.75, 3.05) is 84.6 Å². The molecule has 3 rings (SSSR count). The molecule has 2 aliphatic rings. The fourth-order valence-electron chi connectivity index (χ4n) is 4.18. The second kappa shape index (κ2) is 18.1. The van der Waals surface area contributed by atoms with Gasteiger partial charge in [0.1, 0.15) is 19.3 Å². The largest absolute Gasteiger partial charge is 0.377 e. The summed E-state index contributed by atoms with van der Waals surface area (Å²) in [5.74, 6) is 0.864. The van der Waals surface area contributed by atoms with Crippen molar-refractivity contribution in [3.63, 3.8) is 0 Å². The first-order valence-electron chi connectivity index (χ1n) is 13.5. The van der Waals surface area contributed by atoms with Gasteiger partial charge in [0.05, 0.1) is 66.1 Å². The van der Waals surface area contributed by atoms with E-state index in [2.05, 4.69) is 16.6 Å². The summed E-state index contributed by atoms with van der Waals surface area (Å²) in [6, 6.07) is 4.29. The van der Waals surface area contributed by atoms with Gasteiger partial charge in [-0.15, -0.1) is 6.42 Å². The van der Waals surface area contributed by atoms with Crippen LogP contribution in [0.15, 0.2) is 18.2 Å². The highest BCUT2D eigenvalue weighted by atomic mass is 16.6. The third-order valence-electron chi connectivity index (χ3n) is 6.13. The first-order valence-corrected chi connectivity index (χ1v) is 13.5. The van der Waals surface area contributed by atoms with E-state index in [1.165, 1.54) is 4.90 Å². The summed E-state index contributed by atoms with van der Waals surface area (Å²) >= 11 is 0. The third-order valence-corrected chi connectivity index (χ3v) is 6.13. The van der Waals surface area contributed by atoms with E-state index in [-0.39, 0.29) is 56.9 Å². The Bertz CT molecular complexity index is 1070. The zero-order chi connectivity index (χ0) is 29.3. The standard InChI is InChI=1S/C28H37N3O10/c1-2-8-36-9-10-37-11-12-38-13-14-39-15-16-40-17-18-41-20-26(33)29-23-5-3-4-21-22(23)19-31(28(21)35)24-6-7-25(32)30-27(24)34/h1,3-5,24H,6-20H2,(H,29,33)(H,30,32,34). The number of carbonyl (C=O) groups excluding carboxylic acids is 4. The SMILES string of the molecule is C#CCOCCOCCOCCOCCOCCOCC(=O)Nc1cccc2c1CN(C1CCC(=O)NC1=O)C2=O. The lowest BCUT2D eigenvalue weighted by Crippen LogP contribution is -2.52. The molecule has 13 nitrogen and oxygen atoms in total. The van der Waals surface area contributed by atoms with Crippen LogP contribution in [-0.4, -0.2) is 114 Å². The second-order valence-electron chi connectivity index (χ2n) is 9.04. The molecule has 2 N–H and O–H groups in total. The molecule has 1 unspecified atom stereocenters.